The van der Waals surface area contributed by atoms with Crippen LogP contribution in [-0.2, 0) is 16.0 Å². The highest BCUT2D eigenvalue weighted by atomic mass is 16.5. The van der Waals surface area contributed by atoms with Crippen molar-refractivity contribution in [2.45, 2.75) is 12.5 Å². The first-order valence-corrected chi connectivity index (χ1v) is 10.6. The number of aliphatic hydroxyl groups excluding tert-OH is 1. The van der Waals surface area contributed by atoms with Crippen LogP contribution >= 0.6 is 0 Å². The summed E-state index contributed by atoms with van der Waals surface area (Å²) in [4.78, 5) is 30.9. The first-order chi connectivity index (χ1) is 16.1. The van der Waals surface area contributed by atoms with Crippen LogP contribution in [0.25, 0.3) is 16.7 Å². The van der Waals surface area contributed by atoms with Crippen molar-refractivity contribution in [2.24, 2.45) is 0 Å². The van der Waals surface area contributed by atoms with Crippen molar-refractivity contribution in [2.75, 3.05) is 13.7 Å². The molecule has 0 bridgehead atoms. The summed E-state index contributed by atoms with van der Waals surface area (Å²) in [7, 11) is 1.48. The molecule has 0 radical (unpaired) electrons. The summed E-state index contributed by atoms with van der Waals surface area (Å²) >= 11 is 0. The van der Waals surface area contributed by atoms with E-state index in [4.69, 9.17) is 9.15 Å². The van der Waals surface area contributed by atoms with Crippen LogP contribution in [0.2, 0.25) is 0 Å². The van der Waals surface area contributed by atoms with Gasteiger partial charge < -0.3 is 24.1 Å². The molecule has 1 fully saturated rings. The molecule has 2 N–H and O–H groups in total. The number of ketones is 1. The first-order valence-electron chi connectivity index (χ1n) is 10.6. The number of para-hydroxylation sites is 2. The van der Waals surface area contributed by atoms with Gasteiger partial charge in [-0.3, -0.25) is 9.59 Å². The Morgan fingerprint density at radius 1 is 1.09 bits per heavy atom. The maximum atomic E-state index is 13.1. The molecule has 5 rings (SSSR count). The van der Waals surface area contributed by atoms with E-state index < -0.39 is 17.7 Å². The van der Waals surface area contributed by atoms with Gasteiger partial charge in [-0.05, 0) is 42.3 Å². The molecule has 2 aromatic heterocycles. The molecule has 1 aliphatic rings. The molecule has 166 valence electrons. The molecule has 2 aromatic carbocycles. The third kappa shape index (κ3) is 3.47. The van der Waals surface area contributed by atoms with E-state index in [0.29, 0.717) is 23.5 Å². The van der Waals surface area contributed by atoms with E-state index in [-0.39, 0.29) is 17.9 Å². The predicted molar refractivity (Wildman–Crippen MR) is 123 cm³/mol. The van der Waals surface area contributed by atoms with Crippen LogP contribution in [0.5, 0.6) is 5.75 Å². The maximum absolute atomic E-state index is 13.1. The normalized spacial score (nSPS) is 17.7. The van der Waals surface area contributed by atoms with Crippen molar-refractivity contribution >= 4 is 28.4 Å². The molecule has 0 aliphatic carbocycles. The number of hydrogen-bond acceptors (Lipinski definition) is 5. The highest BCUT2D eigenvalue weighted by molar-refractivity contribution is 6.46. The second-order valence-corrected chi connectivity index (χ2v) is 7.82. The van der Waals surface area contributed by atoms with E-state index in [9.17, 15) is 14.7 Å². The standard InChI is InChI=1S/C26H22N2O5/c1-32-20-10-5-3-8-18(20)24(29)22-23(21-11-6-14-33-21)28(26(31)25(22)30)13-12-16-15-27-19-9-4-2-7-17(16)19/h2-11,14-15,23,27,29H,12-13H2,1H3/b24-22-. The number of aromatic nitrogens is 1. The number of nitrogens with one attached hydrogen (secondary N) is 1. The molecule has 7 heteroatoms. The van der Waals surface area contributed by atoms with Crippen molar-refractivity contribution in [3.63, 3.8) is 0 Å². The number of Topliss-reactive ketones (excluding diaryl/α,β-unsaturated/α-hetero) is 1. The largest absolute Gasteiger partial charge is 0.507 e. The molecule has 4 aromatic rings. The van der Waals surface area contributed by atoms with Gasteiger partial charge in [-0.25, -0.2) is 0 Å². The van der Waals surface area contributed by atoms with Crippen molar-refractivity contribution in [3.8, 4) is 5.75 Å². The SMILES string of the molecule is COc1ccccc1/C(O)=C1/C(=O)C(=O)N(CCc2c[nH]c3ccccc23)C1c1ccco1. The van der Waals surface area contributed by atoms with Crippen LogP contribution in [-0.4, -0.2) is 40.3 Å². The fourth-order valence-corrected chi connectivity index (χ4v) is 4.42. The summed E-state index contributed by atoms with van der Waals surface area (Å²) in [5.74, 6) is -0.907. The number of amides is 1. The Hall–Kier alpha value is -4.26. The minimum Gasteiger partial charge on any atom is -0.507 e. The zero-order chi connectivity index (χ0) is 22.9. The third-order valence-electron chi connectivity index (χ3n) is 6.01. The minimum atomic E-state index is -0.838. The molecule has 0 saturated carbocycles. The van der Waals surface area contributed by atoms with Crippen molar-refractivity contribution in [3.05, 3.63) is 95.6 Å². The summed E-state index contributed by atoms with van der Waals surface area (Å²) in [5.41, 5.74) is 2.37. The Morgan fingerprint density at radius 3 is 2.67 bits per heavy atom. The molecule has 0 spiro atoms. The summed E-state index contributed by atoms with van der Waals surface area (Å²) < 4.78 is 10.9. The van der Waals surface area contributed by atoms with Crippen molar-refractivity contribution < 1.29 is 23.8 Å². The molecule has 1 atom stereocenters. The zero-order valence-electron chi connectivity index (χ0n) is 17.9. The van der Waals surface area contributed by atoms with Crippen LogP contribution < -0.4 is 4.74 Å². The van der Waals surface area contributed by atoms with E-state index in [2.05, 4.69) is 4.98 Å². The summed E-state index contributed by atoms with van der Waals surface area (Å²) in [6, 6.07) is 17.3. The molecule has 3 heterocycles. The zero-order valence-corrected chi connectivity index (χ0v) is 17.9. The number of hydrogen-bond donors (Lipinski definition) is 2. The van der Waals surface area contributed by atoms with E-state index in [1.54, 1.807) is 36.4 Å². The minimum absolute atomic E-state index is 0.0154. The van der Waals surface area contributed by atoms with Crippen LogP contribution in [0, 0.1) is 0 Å². The number of carbonyl (C=O) groups is 2. The van der Waals surface area contributed by atoms with E-state index in [0.717, 1.165) is 16.5 Å². The molecule has 1 saturated heterocycles. The predicted octanol–water partition coefficient (Wildman–Crippen LogP) is 4.43. The number of benzene rings is 2. The molecule has 1 aliphatic heterocycles. The average Bonchev–Trinajstić information content (AvgIpc) is 3.57. The molecule has 1 unspecified atom stereocenters. The van der Waals surface area contributed by atoms with Gasteiger partial charge in [-0.2, -0.15) is 0 Å². The van der Waals surface area contributed by atoms with Crippen LogP contribution in [0.1, 0.15) is 22.9 Å². The van der Waals surface area contributed by atoms with Gasteiger partial charge in [-0.1, -0.05) is 30.3 Å². The fourth-order valence-electron chi connectivity index (χ4n) is 4.42. The maximum Gasteiger partial charge on any atom is 0.295 e. The second kappa shape index (κ2) is 8.35. The number of aliphatic hydroxyl groups is 1. The number of carbonyl (C=O) groups excluding carboxylic acids is 2. The smallest absolute Gasteiger partial charge is 0.295 e. The quantitative estimate of drug-likeness (QED) is 0.262. The van der Waals surface area contributed by atoms with Crippen molar-refractivity contribution in [1.82, 2.24) is 9.88 Å². The van der Waals surface area contributed by atoms with Crippen LogP contribution in [0.4, 0.5) is 0 Å². The lowest BCUT2D eigenvalue weighted by Gasteiger charge is -2.23. The van der Waals surface area contributed by atoms with Crippen molar-refractivity contribution in [1.29, 1.82) is 0 Å². The van der Waals surface area contributed by atoms with Crippen LogP contribution in [0.15, 0.2) is 83.1 Å². The lowest BCUT2D eigenvalue weighted by molar-refractivity contribution is -0.140. The number of ether oxygens (including phenoxy) is 1. The third-order valence-corrected chi connectivity index (χ3v) is 6.01. The number of likely N-dealkylation sites (tertiary alicyclic amines) is 1. The molecule has 33 heavy (non-hydrogen) atoms. The summed E-state index contributed by atoms with van der Waals surface area (Å²) in [6.45, 7) is 0.278. The molecular weight excluding hydrogens is 420 g/mol. The number of methoxy groups -OCH3 is 1. The summed E-state index contributed by atoms with van der Waals surface area (Å²) in [5, 5.41) is 12.2. The van der Waals surface area contributed by atoms with Gasteiger partial charge in [0.25, 0.3) is 11.7 Å². The Kier molecular flexibility index (Phi) is 5.22. The molecule has 1 amide bonds. The first kappa shape index (κ1) is 20.6. The highest BCUT2D eigenvalue weighted by Gasteiger charge is 2.47. The van der Waals surface area contributed by atoms with Gasteiger partial charge in [0.05, 0.1) is 24.5 Å². The van der Waals surface area contributed by atoms with E-state index in [1.807, 2.05) is 30.5 Å². The monoisotopic (exact) mass is 442 g/mol. The number of fused-ring (bicyclic) bond motifs is 1. The topological polar surface area (TPSA) is 95.8 Å². The number of rotatable bonds is 6. The van der Waals surface area contributed by atoms with E-state index >= 15 is 0 Å². The van der Waals surface area contributed by atoms with Crippen LogP contribution in [0.3, 0.4) is 0 Å². The average molecular weight is 442 g/mol. The number of nitrogens with zero attached hydrogens (tertiary/aromatic N) is 1. The van der Waals surface area contributed by atoms with Gasteiger partial charge in [0, 0.05) is 23.6 Å². The lowest BCUT2D eigenvalue weighted by Crippen LogP contribution is -2.31. The summed E-state index contributed by atoms with van der Waals surface area (Å²) in [6.07, 6.45) is 3.93. The van der Waals surface area contributed by atoms with Gasteiger partial charge >= 0.3 is 0 Å². The Morgan fingerprint density at radius 2 is 1.88 bits per heavy atom. The molecule has 7 nitrogen and oxygen atoms in total. The fraction of sp³-hybridized carbons (Fsp3) is 0.154. The lowest BCUT2D eigenvalue weighted by atomic mass is 9.98. The second-order valence-electron chi connectivity index (χ2n) is 7.82. The molecular formula is C26H22N2O5. The van der Waals surface area contributed by atoms with Gasteiger partial charge in [0.15, 0.2) is 0 Å². The Balaban J connectivity index is 1.55. The van der Waals surface area contributed by atoms with Gasteiger partial charge in [-0.15, -0.1) is 0 Å². The Bertz CT molecular complexity index is 1370. The number of furan rings is 1. The van der Waals surface area contributed by atoms with Gasteiger partial charge in [0.2, 0.25) is 0 Å². The van der Waals surface area contributed by atoms with E-state index in [1.165, 1.54) is 18.3 Å². The number of H-pyrrole nitrogens is 1. The number of aromatic amines is 1. The van der Waals surface area contributed by atoms with Gasteiger partial charge in [0.1, 0.15) is 23.3 Å². The Labute approximate surface area is 189 Å². The highest BCUT2D eigenvalue weighted by Crippen LogP contribution is 2.41.